The summed E-state index contributed by atoms with van der Waals surface area (Å²) in [6.07, 6.45) is 2.70. The van der Waals surface area contributed by atoms with Gasteiger partial charge in [0.25, 0.3) is 0 Å². The van der Waals surface area contributed by atoms with Crippen molar-refractivity contribution < 1.29 is 13.9 Å². The summed E-state index contributed by atoms with van der Waals surface area (Å²) in [6.45, 7) is 2.89. The van der Waals surface area contributed by atoms with Crippen molar-refractivity contribution in [2.24, 2.45) is 7.05 Å². The Bertz CT molecular complexity index is 1330. The second-order valence-corrected chi connectivity index (χ2v) is 8.74. The monoisotopic (exact) mass is 461 g/mol. The molecule has 0 atom stereocenters. The standard InChI is InChI=1S/C26H25F2N5O/c1-17-29-23(20-16-32(2)31-25(20)18-6-4-3-5-7-18)15-24(30-17)33-12-10-26(34,11-13-33)19-8-9-21(27)22(28)14-19/h3-9,14-16,34H,10-13H2,1-2H3. The highest BCUT2D eigenvalue weighted by atomic mass is 19.2. The maximum atomic E-state index is 13.7. The first kappa shape index (κ1) is 22.2. The molecule has 5 rings (SSSR count). The first-order valence-corrected chi connectivity index (χ1v) is 11.2. The molecule has 0 saturated carbocycles. The number of piperidine rings is 1. The lowest BCUT2D eigenvalue weighted by molar-refractivity contribution is 0.0113. The van der Waals surface area contributed by atoms with Crippen molar-refractivity contribution in [1.82, 2.24) is 19.7 Å². The van der Waals surface area contributed by atoms with Gasteiger partial charge in [-0.3, -0.25) is 4.68 Å². The fourth-order valence-electron chi connectivity index (χ4n) is 4.52. The molecule has 3 heterocycles. The van der Waals surface area contributed by atoms with Crippen LogP contribution in [0.4, 0.5) is 14.6 Å². The SMILES string of the molecule is Cc1nc(-c2cn(C)nc2-c2ccccc2)cc(N2CCC(O)(c3ccc(F)c(F)c3)CC2)n1. The molecule has 0 bridgehead atoms. The average molecular weight is 462 g/mol. The summed E-state index contributed by atoms with van der Waals surface area (Å²) in [6, 6.07) is 15.5. The van der Waals surface area contributed by atoms with Crippen molar-refractivity contribution in [3.63, 3.8) is 0 Å². The number of benzene rings is 2. The van der Waals surface area contributed by atoms with Gasteiger partial charge in [0.15, 0.2) is 11.6 Å². The van der Waals surface area contributed by atoms with E-state index in [4.69, 9.17) is 0 Å². The molecule has 2 aromatic carbocycles. The van der Waals surface area contributed by atoms with Crippen LogP contribution in [0.25, 0.3) is 22.5 Å². The predicted octanol–water partition coefficient (Wildman–Crippen LogP) is 4.62. The van der Waals surface area contributed by atoms with E-state index in [1.165, 1.54) is 6.07 Å². The van der Waals surface area contributed by atoms with Gasteiger partial charge in [0.05, 0.1) is 11.3 Å². The highest BCUT2D eigenvalue weighted by Crippen LogP contribution is 2.36. The minimum Gasteiger partial charge on any atom is -0.385 e. The molecule has 34 heavy (non-hydrogen) atoms. The third-order valence-electron chi connectivity index (χ3n) is 6.35. The van der Waals surface area contributed by atoms with Crippen molar-refractivity contribution in [3.05, 3.63) is 83.8 Å². The van der Waals surface area contributed by atoms with Crippen molar-refractivity contribution in [2.75, 3.05) is 18.0 Å². The third-order valence-corrected chi connectivity index (χ3v) is 6.35. The molecule has 4 aromatic rings. The molecular weight excluding hydrogens is 436 g/mol. The highest BCUT2D eigenvalue weighted by Gasteiger charge is 2.35. The minimum absolute atomic E-state index is 0.374. The molecule has 0 unspecified atom stereocenters. The number of nitrogens with zero attached hydrogens (tertiary/aromatic N) is 5. The Morgan fingerprint density at radius 3 is 2.38 bits per heavy atom. The largest absolute Gasteiger partial charge is 0.385 e. The van der Waals surface area contributed by atoms with Crippen LogP contribution in [0.5, 0.6) is 0 Å². The van der Waals surface area contributed by atoms with Crippen LogP contribution in [0, 0.1) is 18.6 Å². The fraction of sp³-hybridized carbons (Fsp3) is 0.269. The Morgan fingerprint density at radius 1 is 0.941 bits per heavy atom. The molecule has 8 heteroatoms. The van der Waals surface area contributed by atoms with Crippen molar-refractivity contribution >= 4 is 5.82 Å². The molecule has 1 aliphatic heterocycles. The average Bonchev–Trinajstić information content (AvgIpc) is 3.23. The van der Waals surface area contributed by atoms with Crippen molar-refractivity contribution in [1.29, 1.82) is 0 Å². The van der Waals surface area contributed by atoms with Gasteiger partial charge in [-0.25, -0.2) is 18.7 Å². The van der Waals surface area contributed by atoms with Crippen LogP contribution in [0.2, 0.25) is 0 Å². The summed E-state index contributed by atoms with van der Waals surface area (Å²) in [5.74, 6) is -0.469. The van der Waals surface area contributed by atoms with Crippen LogP contribution >= 0.6 is 0 Å². The molecule has 0 amide bonds. The van der Waals surface area contributed by atoms with Crippen LogP contribution in [0.15, 0.2) is 60.8 Å². The normalized spacial score (nSPS) is 15.5. The van der Waals surface area contributed by atoms with E-state index in [9.17, 15) is 13.9 Å². The van der Waals surface area contributed by atoms with Gasteiger partial charge in [-0.15, -0.1) is 0 Å². The van der Waals surface area contributed by atoms with Crippen LogP contribution in [0.3, 0.4) is 0 Å². The number of anilines is 1. The van der Waals surface area contributed by atoms with Crippen molar-refractivity contribution in [2.45, 2.75) is 25.4 Å². The lowest BCUT2D eigenvalue weighted by atomic mass is 9.84. The Morgan fingerprint density at radius 2 is 1.68 bits per heavy atom. The number of aryl methyl sites for hydroxylation is 2. The van der Waals surface area contributed by atoms with Crippen LogP contribution in [0.1, 0.15) is 24.2 Å². The summed E-state index contributed by atoms with van der Waals surface area (Å²) in [4.78, 5) is 11.4. The van der Waals surface area contributed by atoms with E-state index in [1.807, 2.05) is 56.6 Å². The molecule has 0 aliphatic carbocycles. The summed E-state index contributed by atoms with van der Waals surface area (Å²) in [7, 11) is 1.88. The van der Waals surface area contributed by atoms with Crippen LogP contribution in [-0.2, 0) is 12.6 Å². The quantitative estimate of drug-likeness (QED) is 0.481. The van der Waals surface area contributed by atoms with Gasteiger partial charge in [-0.2, -0.15) is 5.10 Å². The molecule has 1 aliphatic rings. The zero-order valence-corrected chi connectivity index (χ0v) is 19.0. The first-order chi connectivity index (χ1) is 16.3. The Hall–Kier alpha value is -3.65. The second-order valence-electron chi connectivity index (χ2n) is 8.74. The van der Waals surface area contributed by atoms with Gasteiger partial charge in [0.2, 0.25) is 0 Å². The van der Waals surface area contributed by atoms with E-state index in [1.54, 1.807) is 4.68 Å². The number of halogens is 2. The molecule has 1 N–H and O–H groups in total. The van der Waals surface area contributed by atoms with E-state index < -0.39 is 17.2 Å². The molecule has 1 fully saturated rings. The van der Waals surface area contributed by atoms with E-state index >= 15 is 0 Å². The molecule has 174 valence electrons. The number of rotatable bonds is 4. The zero-order valence-electron chi connectivity index (χ0n) is 19.0. The minimum atomic E-state index is -1.21. The fourth-order valence-corrected chi connectivity index (χ4v) is 4.52. The van der Waals surface area contributed by atoms with E-state index in [0.717, 1.165) is 40.5 Å². The maximum Gasteiger partial charge on any atom is 0.159 e. The summed E-state index contributed by atoms with van der Waals surface area (Å²) in [5.41, 5.74) is 2.73. The molecule has 1 saturated heterocycles. The number of aromatic nitrogens is 4. The van der Waals surface area contributed by atoms with Crippen LogP contribution < -0.4 is 4.90 Å². The van der Waals surface area contributed by atoms with Gasteiger partial charge in [0.1, 0.15) is 17.3 Å². The molecular formula is C26H25F2N5O. The zero-order chi connectivity index (χ0) is 23.9. The molecule has 6 nitrogen and oxygen atoms in total. The van der Waals surface area contributed by atoms with Gasteiger partial charge in [-0.1, -0.05) is 36.4 Å². The lowest BCUT2D eigenvalue weighted by Gasteiger charge is -2.39. The van der Waals surface area contributed by atoms with Gasteiger partial charge in [-0.05, 0) is 37.5 Å². The topological polar surface area (TPSA) is 67.1 Å². The van der Waals surface area contributed by atoms with Gasteiger partial charge >= 0.3 is 0 Å². The molecule has 2 aromatic heterocycles. The Kier molecular flexibility index (Phi) is 5.61. The number of hydrogen-bond acceptors (Lipinski definition) is 5. The Labute approximate surface area is 196 Å². The highest BCUT2D eigenvalue weighted by molar-refractivity contribution is 5.79. The summed E-state index contributed by atoms with van der Waals surface area (Å²) >= 11 is 0. The summed E-state index contributed by atoms with van der Waals surface area (Å²) in [5, 5.41) is 15.8. The van der Waals surface area contributed by atoms with Crippen LogP contribution in [-0.4, -0.2) is 37.9 Å². The second kappa shape index (κ2) is 8.61. The lowest BCUT2D eigenvalue weighted by Crippen LogP contribution is -2.43. The van der Waals surface area contributed by atoms with E-state index in [0.29, 0.717) is 37.3 Å². The maximum absolute atomic E-state index is 13.7. The molecule has 0 radical (unpaired) electrons. The summed E-state index contributed by atoms with van der Waals surface area (Å²) < 4.78 is 28.9. The first-order valence-electron chi connectivity index (χ1n) is 11.2. The smallest absolute Gasteiger partial charge is 0.159 e. The van der Waals surface area contributed by atoms with Gasteiger partial charge in [0, 0.05) is 43.5 Å². The molecule has 0 spiro atoms. The van der Waals surface area contributed by atoms with E-state index in [-0.39, 0.29) is 0 Å². The Balaban J connectivity index is 1.42. The number of hydrogen-bond donors (Lipinski definition) is 1. The van der Waals surface area contributed by atoms with E-state index in [2.05, 4.69) is 20.0 Å². The number of aliphatic hydroxyl groups is 1. The van der Waals surface area contributed by atoms with Gasteiger partial charge < -0.3 is 10.0 Å². The third kappa shape index (κ3) is 4.17. The van der Waals surface area contributed by atoms with Crippen molar-refractivity contribution in [3.8, 4) is 22.5 Å². The predicted molar refractivity (Wildman–Crippen MR) is 126 cm³/mol.